The van der Waals surface area contributed by atoms with Crippen LogP contribution < -0.4 is 4.74 Å². The Hall–Kier alpha value is -2.82. The van der Waals surface area contributed by atoms with Crippen LogP contribution in [-0.4, -0.2) is 28.0 Å². The number of ether oxygens (including phenoxy) is 1. The lowest BCUT2D eigenvalue weighted by Gasteiger charge is -2.38. The highest BCUT2D eigenvalue weighted by atomic mass is 16.5. The molecule has 0 aliphatic carbocycles. The molecule has 1 amide bonds. The molecule has 0 fully saturated rings. The summed E-state index contributed by atoms with van der Waals surface area (Å²) in [6, 6.07) is 11.4. The molecule has 1 aromatic carbocycles. The number of hydrogen-bond donors (Lipinski definition) is 0. The molecule has 0 radical (unpaired) electrons. The van der Waals surface area contributed by atoms with Gasteiger partial charge in [0.15, 0.2) is 11.5 Å². The van der Waals surface area contributed by atoms with Crippen LogP contribution >= 0.6 is 0 Å². The van der Waals surface area contributed by atoms with E-state index in [2.05, 4.69) is 30.8 Å². The molecule has 2 heterocycles. The second kappa shape index (κ2) is 9.93. The number of amides is 1. The highest BCUT2D eigenvalue weighted by molar-refractivity contribution is 5.93. The molecular formula is C23H28N2O3. The molecule has 2 aromatic rings. The first-order chi connectivity index (χ1) is 13.7. The number of hydrogen-bond acceptors (Lipinski definition) is 4. The van der Waals surface area contributed by atoms with Crippen LogP contribution in [0.2, 0.25) is 0 Å². The first-order valence-electron chi connectivity index (χ1n) is 9.96. The van der Waals surface area contributed by atoms with E-state index in [4.69, 9.17) is 9.26 Å². The van der Waals surface area contributed by atoms with Gasteiger partial charge in [0.2, 0.25) is 0 Å². The van der Waals surface area contributed by atoms with Crippen molar-refractivity contribution in [2.75, 3.05) is 0 Å². The van der Waals surface area contributed by atoms with Crippen LogP contribution in [0.5, 0.6) is 5.75 Å². The van der Waals surface area contributed by atoms with Gasteiger partial charge in [-0.05, 0) is 31.4 Å². The zero-order valence-electron chi connectivity index (χ0n) is 16.4. The van der Waals surface area contributed by atoms with Gasteiger partial charge in [-0.25, -0.2) is 0 Å². The summed E-state index contributed by atoms with van der Waals surface area (Å²) >= 11 is 0. The van der Waals surface area contributed by atoms with E-state index in [1.807, 2.05) is 41.3 Å². The second-order valence-corrected chi connectivity index (χ2v) is 7.04. The molecule has 1 aromatic heterocycles. The van der Waals surface area contributed by atoms with E-state index >= 15 is 0 Å². The summed E-state index contributed by atoms with van der Waals surface area (Å²) in [5.74, 6) is 1.19. The quantitative estimate of drug-likeness (QED) is 0.564. The van der Waals surface area contributed by atoms with Crippen LogP contribution in [0, 0.1) is 0 Å². The molecule has 3 rings (SSSR count). The van der Waals surface area contributed by atoms with Gasteiger partial charge in [0.25, 0.3) is 5.91 Å². The SMILES string of the molecule is C=CC[C@@H]1CC=C[C@@H](CCCC)N1C(=O)c1cc(COc2ccccc2)on1. The van der Waals surface area contributed by atoms with Crippen molar-refractivity contribution < 1.29 is 14.1 Å². The highest BCUT2D eigenvalue weighted by Gasteiger charge is 2.32. The molecule has 0 N–H and O–H groups in total. The largest absolute Gasteiger partial charge is 0.486 e. The van der Waals surface area contributed by atoms with Crippen molar-refractivity contribution in [3.05, 3.63) is 72.7 Å². The van der Waals surface area contributed by atoms with Gasteiger partial charge in [0.05, 0.1) is 6.04 Å². The van der Waals surface area contributed by atoms with Crippen molar-refractivity contribution in [2.24, 2.45) is 0 Å². The van der Waals surface area contributed by atoms with Crippen LogP contribution in [0.15, 0.2) is 65.7 Å². The third-order valence-electron chi connectivity index (χ3n) is 4.95. The van der Waals surface area contributed by atoms with E-state index in [9.17, 15) is 4.79 Å². The number of carbonyl (C=O) groups is 1. The monoisotopic (exact) mass is 380 g/mol. The molecule has 0 saturated heterocycles. The fourth-order valence-corrected chi connectivity index (χ4v) is 3.52. The Morgan fingerprint density at radius 3 is 2.96 bits per heavy atom. The van der Waals surface area contributed by atoms with Crippen LogP contribution in [0.3, 0.4) is 0 Å². The van der Waals surface area contributed by atoms with Crippen LogP contribution in [0.25, 0.3) is 0 Å². The number of para-hydroxylation sites is 1. The molecule has 28 heavy (non-hydrogen) atoms. The lowest BCUT2D eigenvalue weighted by molar-refractivity contribution is 0.0582. The lowest BCUT2D eigenvalue weighted by atomic mass is 9.96. The molecule has 0 unspecified atom stereocenters. The maximum absolute atomic E-state index is 13.2. The van der Waals surface area contributed by atoms with Gasteiger partial charge in [0.1, 0.15) is 12.4 Å². The van der Waals surface area contributed by atoms with Gasteiger partial charge in [0, 0.05) is 12.1 Å². The van der Waals surface area contributed by atoms with E-state index in [1.54, 1.807) is 6.07 Å². The Bertz CT molecular complexity index is 797. The summed E-state index contributed by atoms with van der Waals surface area (Å²) in [5, 5.41) is 4.02. The summed E-state index contributed by atoms with van der Waals surface area (Å²) in [6.07, 6.45) is 10.9. The number of carbonyl (C=O) groups excluding carboxylic acids is 1. The highest BCUT2D eigenvalue weighted by Crippen LogP contribution is 2.26. The van der Waals surface area contributed by atoms with Gasteiger partial charge in [-0.15, -0.1) is 6.58 Å². The van der Waals surface area contributed by atoms with Crippen molar-refractivity contribution in [3.63, 3.8) is 0 Å². The third-order valence-corrected chi connectivity index (χ3v) is 4.95. The van der Waals surface area contributed by atoms with Crippen molar-refractivity contribution in [3.8, 4) is 5.75 Å². The Morgan fingerprint density at radius 2 is 2.21 bits per heavy atom. The molecular weight excluding hydrogens is 352 g/mol. The number of unbranched alkanes of at least 4 members (excludes halogenated alkanes) is 1. The Morgan fingerprint density at radius 1 is 1.39 bits per heavy atom. The van der Waals surface area contributed by atoms with Gasteiger partial charge in [-0.3, -0.25) is 4.79 Å². The minimum absolute atomic E-state index is 0.0897. The molecule has 2 atom stereocenters. The fourth-order valence-electron chi connectivity index (χ4n) is 3.52. The topological polar surface area (TPSA) is 55.6 Å². The summed E-state index contributed by atoms with van der Waals surface area (Å²) in [7, 11) is 0. The Balaban J connectivity index is 1.71. The maximum atomic E-state index is 13.2. The molecule has 1 aliphatic rings. The van der Waals surface area contributed by atoms with Gasteiger partial charge < -0.3 is 14.2 Å². The number of benzene rings is 1. The first-order valence-corrected chi connectivity index (χ1v) is 9.96. The normalized spacial score (nSPS) is 18.8. The lowest BCUT2D eigenvalue weighted by Crippen LogP contribution is -2.48. The third kappa shape index (κ3) is 4.91. The summed E-state index contributed by atoms with van der Waals surface area (Å²) in [6.45, 7) is 6.25. The van der Waals surface area contributed by atoms with Crippen molar-refractivity contribution in [1.29, 1.82) is 0 Å². The van der Waals surface area contributed by atoms with E-state index in [0.717, 1.165) is 37.9 Å². The Kier molecular flexibility index (Phi) is 7.06. The fraction of sp³-hybridized carbons (Fsp3) is 0.391. The van der Waals surface area contributed by atoms with E-state index < -0.39 is 0 Å². The summed E-state index contributed by atoms with van der Waals surface area (Å²) in [4.78, 5) is 15.2. The van der Waals surface area contributed by atoms with E-state index in [0.29, 0.717) is 11.5 Å². The standard InChI is InChI=1S/C23H28N2O3/c1-3-5-11-19-13-9-12-18(10-4-2)25(19)23(26)22-16-21(28-24-22)17-27-20-14-7-6-8-15-20/h4,6-9,13-16,18-19H,2-3,5,10-12,17H2,1H3/t18-,19-/m1/s1. The number of nitrogens with zero attached hydrogens (tertiary/aromatic N) is 2. The minimum Gasteiger partial charge on any atom is -0.486 e. The average molecular weight is 380 g/mol. The van der Waals surface area contributed by atoms with Crippen molar-refractivity contribution in [1.82, 2.24) is 10.1 Å². The molecule has 5 heteroatoms. The van der Waals surface area contributed by atoms with Crippen LogP contribution in [0.1, 0.15) is 55.3 Å². The zero-order chi connectivity index (χ0) is 19.8. The Labute approximate surface area is 166 Å². The number of rotatable bonds is 9. The van der Waals surface area contributed by atoms with Crippen molar-refractivity contribution in [2.45, 2.75) is 57.7 Å². The summed E-state index contributed by atoms with van der Waals surface area (Å²) in [5.41, 5.74) is 0.331. The molecule has 5 nitrogen and oxygen atoms in total. The van der Waals surface area contributed by atoms with Crippen molar-refractivity contribution >= 4 is 5.91 Å². The van der Waals surface area contributed by atoms with Crippen LogP contribution in [-0.2, 0) is 6.61 Å². The first kappa shape index (κ1) is 19.9. The van der Waals surface area contributed by atoms with E-state index in [1.165, 1.54) is 0 Å². The van der Waals surface area contributed by atoms with Crippen LogP contribution in [0.4, 0.5) is 0 Å². The zero-order valence-corrected chi connectivity index (χ0v) is 16.4. The maximum Gasteiger partial charge on any atom is 0.276 e. The smallest absolute Gasteiger partial charge is 0.276 e. The average Bonchev–Trinajstić information content (AvgIpc) is 3.20. The van der Waals surface area contributed by atoms with Gasteiger partial charge in [-0.1, -0.05) is 61.3 Å². The molecule has 0 spiro atoms. The molecule has 0 saturated carbocycles. The molecule has 148 valence electrons. The number of aromatic nitrogens is 1. The van der Waals surface area contributed by atoms with Gasteiger partial charge in [-0.2, -0.15) is 0 Å². The summed E-state index contributed by atoms with van der Waals surface area (Å²) < 4.78 is 11.0. The molecule has 0 bridgehead atoms. The molecule has 1 aliphatic heterocycles. The second-order valence-electron chi connectivity index (χ2n) is 7.04. The van der Waals surface area contributed by atoms with E-state index in [-0.39, 0.29) is 24.6 Å². The predicted molar refractivity (Wildman–Crippen MR) is 109 cm³/mol. The van der Waals surface area contributed by atoms with Gasteiger partial charge >= 0.3 is 0 Å². The predicted octanol–water partition coefficient (Wildman–Crippen LogP) is 5.16. The minimum atomic E-state index is -0.0907.